The van der Waals surface area contributed by atoms with Gasteiger partial charge >= 0.3 is 0 Å². The van der Waals surface area contributed by atoms with Crippen LogP contribution in [-0.2, 0) is 6.42 Å². The number of H-pyrrole nitrogens is 1. The van der Waals surface area contributed by atoms with Gasteiger partial charge in [0.25, 0.3) is 5.91 Å². The first kappa shape index (κ1) is 12.9. The number of hydrogen-bond acceptors (Lipinski definition) is 4. The normalized spacial score (nSPS) is 17.5. The summed E-state index contributed by atoms with van der Waals surface area (Å²) in [5.74, 6) is 1.23. The van der Waals surface area contributed by atoms with Gasteiger partial charge < -0.3 is 14.8 Å². The number of aromatic amines is 1. The monoisotopic (exact) mass is 274 g/mol. The van der Waals surface area contributed by atoms with E-state index in [1.165, 1.54) is 0 Å². The number of carbonyl (C=O) groups is 1. The van der Waals surface area contributed by atoms with E-state index in [0.717, 1.165) is 23.4 Å². The van der Waals surface area contributed by atoms with E-state index in [0.29, 0.717) is 23.8 Å². The van der Waals surface area contributed by atoms with Gasteiger partial charge in [-0.3, -0.25) is 4.79 Å². The molecular formula is C14H18N4O2. The van der Waals surface area contributed by atoms with Gasteiger partial charge in [-0.15, -0.1) is 0 Å². The summed E-state index contributed by atoms with van der Waals surface area (Å²) in [6.45, 7) is 8.60. The fraction of sp³-hybridized carbons (Fsp3) is 0.500. The van der Waals surface area contributed by atoms with E-state index in [2.05, 4.69) is 34.3 Å². The Morgan fingerprint density at radius 2 is 2.05 bits per heavy atom. The van der Waals surface area contributed by atoms with Crippen molar-refractivity contribution in [2.24, 2.45) is 5.41 Å². The maximum Gasteiger partial charge on any atom is 0.271 e. The molecule has 2 aromatic heterocycles. The number of nitrogens with zero attached hydrogens (tertiary/aromatic N) is 2. The number of aromatic nitrogens is 3. The molecule has 6 heteroatoms. The van der Waals surface area contributed by atoms with Crippen molar-refractivity contribution in [3.05, 3.63) is 22.8 Å². The van der Waals surface area contributed by atoms with Crippen LogP contribution in [0.15, 0.2) is 4.52 Å². The van der Waals surface area contributed by atoms with Crippen LogP contribution in [0.3, 0.4) is 0 Å². The Hall–Kier alpha value is -2.11. The molecule has 0 aromatic carbocycles. The predicted molar refractivity (Wildman–Crippen MR) is 73.4 cm³/mol. The smallest absolute Gasteiger partial charge is 0.271 e. The zero-order chi connectivity index (χ0) is 14.5. The van der Waals surface area contributed by atoms with Crippen LogP contribution in [0.2, 0.25) is 0 Å². The Morgan fingerprint density at radius 1 is 1.30 bits per heavy atom. The molecule has 0 saturated carbocycles. The van der Waals surface area contributed by atoms with Gasteiger partial charge in [0.2, 0.25) is 0 Å². The highest BCUT2D eigenvalue weighted by atomic mass is 16.5. The molecule has 20 heavy (non-hydrogen) atoms. The number of aryl methyl sites for hydroxylation is 2. The zero-order valence-corrected chi connectivity index (χ0v) is 12.1. The number of amides is 1. The molecule has 0 saturated heterocycles. The number of hydrogen-bond donors (Lipinski definition) is 2. The summed E-state index contributed by atoms with van der Waals surface area (Å²) in [6, 6.07) is 0. The van der Waals surface area contributed by atoms with Gasteiger partial charge in [-0.05, 0) is 25.7 Å². The molecule has 0 aliphatic carbocycles. The molecule has 1 amide bonds. The maximum atomic E-state index is 12.1. The van der Waals surface area contributed by atoms with Gasteiger partial charge in [-0.1, -0.05) is 19.0 Å². The van der Waals surface area contributed by atoms with Gasteiger partial charge in [0.15, 0.2) is 0 Å². The van der Waals surface area contributed by atoms with E-state index in [4.69, 9.17) is 4.52 Å². The van der Waals surface area contributed by atoms with Gasteiger partial charge in [0.1, 0.15) is 17.3 Å². The van der Waals surface area contributed by atoms with E-state index in [1.807, 2.05) is 13.8 Å². The lowest BCUT2D eigenvalue weighted by atomic mass is 9.88. The zero-order valence-electron chi connectivity index (χ0n) is 12.1. The Kier molecular flexibility index (Phi) is 2.70. The maximum absolute atomic E-state index is 12.1. The summed E-state index contributed by atoms with van der Waals surface area (Å²) in [5.41, 5.74) is 2.96. The van der Waals surface area contributed by atoms with Crippen LogP contribution >= 0.6 is 0 Å². The lowest BCUT2D eigenvalue weighted by Crippen LogP contribution is -2.32. The van der Waals surface area contributed by atoms with Crippen molar-refractivity contribution in [2.75, 3.05) is 6.54 Å². The van der Waals surface area contributed by atoms with Crippen LogP contribution in [0.1, 0.15) is 41.5 Å². The molecule has 6 nitrogen and oxygen atoms in total. The average molecular weight is 274 g/mol. The second-order valence-corrected chi connectivity index (χ2v) is 6.14. The Morgan fingerprint density at radius 3 is 2.70 bits per heavy atom. The van der Waals surface area contributed by atoms with E-state index in [9.17, 15) is 4.79 Å². The van der Waals surface area contributed by atoms with Crippen LogP contribution in [0.5, 0.6) is 0 Å². The highest BCUT2D eigenvalue weighted by molar-refractivity contribution is 5.94. The van der Waals surface area contributed by atoms with Crippen LogP contribution in [0.25, 0.3) is 11.4 Å². The van der Waals surface area contributed by atoms with Crippen molar-refractivity contribution in [1.29, 1.82) is 0 Å². The highest BCUT2D eigenvalue weighted by Gasteiger charge is 2.30. The minimum absolute atomic E-state index is 0.00342. The standard InChI is InChI=1S/C14H18N4O2/c1-7-10(8(2)20-18-7)12-16-9-5-14(3,4)6-15-13(19)11(9)17-12/h5-6H2,1-4H3,(H,15,19)(H,16,17). The molecular weight excluding hydrogens is 256 g/mol. The minimum Gasteiger partial charge on any atom is -0.361 e. The van der Waals surface area contributed by atoms with E-state index >= 15 is 0 Å². The van der Waals surface area contributed by atoms with Crippen LogP contribution in [0.4, 0.5) is 0 Å². The SMILES string of the molecule is Cc1noc(C)c1-c1nc2c([nH]1)CC(C)(C)CNC2=O. The van der Waals surface area contributed by atoms with Gasteiger partial charge in [-0.2, -0.15) is 0 Å². The lowest BCUT2D eigenvalue weighted by Gasteiger charge is -2.21. The Balaban J connectivity index is 2.11. The van der Waals surface area contributed by atoms with Crippen molar-refractivity contribution in [1.82, 2.24) is 20.4 Å². The number of rotatable bonds is 1. The van der Waals surface area contributed by atoms with Gasteiger partial charge in [0.05, 0.1) is 11.3 Å². The topological polar surface area (TPSA) is 83.8 Å². The highest BCUT2D eigenvalue weighted by Crippen LogP contribution is 2.30. The third-order valence-corrected chi connectivity index (χ3v) is 3.65. The molecule has 2 N–H and O–H groups in total. The molecule has 3 heterocycles. The molecule has 0 radical (unpaired) electrons. The van der Waals surface area contributed by atoms with Crippen molar-refractivity contribution >= 4 is 5.91 Å². The third kappa shape index (κ3) is 2.01. The van der Waals surface area contributed by atoms with E-state index in [-0.39, 0.29) is 11.3 Å². The molecule has 0 unspecified atom stereocenters. The summed E-state index contributed by atoms with van der Waals surface area (Å²) < 4.78 is 5.16. The van der Waals surface area contributed by atoms with Crippen molar-refractivity contribution in [3.8, 4) is 11.4 Å². The van der Waals surface area contributed by atoms with E-state index in [1.54, 1.807) is 0 Å². The molecule has 3 rings (SSSR count). The van der Waals surface area contributed by atoms with Crippen LogP contribution in [0, 0.1) is 19.3 Å². The average Bonchev–Trinajstić information content (AvgIpc) is 2.87. The number of carbonyl (C=O) groups excluding carboxylic acids is 1. The fourth-order valence-corrected chi connectivity index (χ4v) is 2.61. The van der Waals surface area contributed by atoms with Gasteiger partial charge in [-0.25, -0.2) is 4.98 Å². The van der Waals surface area contributed by atoms with Crippen LogP contribution in [-0.4, -0.2) is 27.6 Å². The molecule has 1 aliphatic rings. The number of imidazole rings is 1. The van der Waals surface area contributed by atoms with Gasteiger partial charge in [0, 0.05) is 12.2 Å². The second kappa shape index (κ2) is 4.19. The Labute approximate surface area is 117 Å². The Bertz CT molecular complexity index is 662. The third-order valence-electron chi connectivity index (χ3n) is 3.65. The largest absolute Gasteiger partial charge is 0.361 e. The van der Waals surface area contributed by atoms with E-state index < -0.39 is 0 Å². The first-order valence-corrected chi connectivity index (χ1v) is 6.68. The summed E-state index contributed by atoms with van der Waals surface area (Å²) in [6.07, 6.45) is 0.775. The fourth-order valence-electron chi connectivity index (χ4n) is 2.61. The quantitative estimate of drug-likeness (QED) is 0.833. The summed E-state index contributed by atoms with van der Waals surface area (Å²) in [5, 5.41) is 6.85. The first-order valence-electron chi connectivity index (χ1n) is 6.68. The second-order valence-electron chi connectivity index (χ2n) is 6.14. The van der Waals surface area contributed by atoms with Crippen molar-refractivity contribution in [2.45, 2.75) is 34.1 Å². The molecule has 0 fully saturated rings. The summed E-state index contributed by atoms with van der Waals surface area (Å²) >= 11 is 0. The van der Waals surface area contributed by atoms with Crippen molar-refractivity contribution < 1.29 is 9.32 Å². The minimum atomic E-state index is -0.125. The molecule has 0 bridgehead atoms. The summed E-state index contributed by atoms with van der Waals surface area (Å²) in [4.78, 5) is 19.8. The lowest BCUT2D eigenvalue weighted by molar-refractivity contribution is 0.0940. The number of nitrogens with one attached hydrogen (secondary N) is 2. The number of fused-ring (bicyclic) bond motifs is 1. The molecule has 0 atom stereocenters. The first-order chi connectivity index (χ1) is 9.37. The molecule has 0 spiro atoms. The van der Waals surface area contributed by atoms with Crippen molar-refractivity contribution in [3.63, 3.8) is 0 Å². The summed E-state index contributed by atoms with van der Waals surface area (Å²) in [7, 11) is 0. The predicted octanol–water partition coefficient (Wildman–Crippen LogP) is 1.99. The van der Waals surface area contributed by atoms with Crippen LogP contribution < -0.4 is 5.32 Å². The molecule has 2 aromatic rings. The molecule has 106 valence electrons. The molecule has 1 aliphatic heterocycles.